The fraction of sp³-hybridized carbons (Fsp3) is 0.552. The number of alkyl halides is 3. The number of nitrogens with zero attached hydrogens (tertiary/aromatic N) is 1. The van der Waals surface area contributed by atoms with Gasteiger partial charge in [0.25, 0.3) is 5.91 Å². The highest BCUT2D eigenvalue weighted by Crippen LogP contribution is 2.50. The van der Waals surface area contributed by atoms with Crippen LogP contribution in [0, 0.1) is 12.8 Å². The number of carbonyl (C=O) groups excluding carboxylic acids is 1. The lowest BCUT2D eigenvalue weighted by atomic mass is 9.67. The van der Waals surface area contributed by atoms with Crippen LogP contribution in [0.5, 0.6) is 0 Å². The van der Waals surface area contributed by atoms with E-state index in [0.29, 0.717) is 23.3 Å². The van der Waals surface area contributed by atoms with E-state index >= 15 is 0 Å². The number of nitrogens with one attached hydrogen (secondary N) is 1. The number of benzene rings is 2. The van der Waals surface area contributed by atoms with Crippen LogP contribution in [0.15, 0.2) is 42.5 Å². The Bertz CT molecular complexity index is 1100. The number of likely N-dealkylation sites (tertiary alicyclic amines) is 1. The Morgan fingerprint density at radius 1 is 1.14 bits per heavy atom. The van der Waals surface area contributed by atoms with Crippen molar-refractivity contribution < 1.29 is 18.0 Å². The standard InChI is InChI=1S/C29H35F3N2O/c1-19-15-23(27(35)33-18-29(30,31)32)8-10-25(19)22-7-9-24(16-22)34-14-13-28(20(2)17-34)12-11-21-5-3-4-6-26(21)28/h3-6,8,10,15,20,22,24H,7,9,11-14,16-18H2,1-2H3,(H,33,35). The lowest BCUT2D eigenvalue weighted by molar-refractivity contribution is -0.123. The second-order valence-corrected chi connectivity index (χ2v) is 11.0. The third-order valence-electron chi connectivity index (χ3n) is 9.03. The molecule has 1 heterocycles. The molecule has 2 aliphatic carbocycles. The number of halogens is 3. The van der Waals surface area contributed by atoms with Gasteiger partial charge in [-0.25, -0.2) is 0 Å². The van der Waals surface area contributed by atoms with Gasteiger partial charge in [0.15, 0.2) is 0 Å². The van der Waals surface area contributed by atoms with Crippen LogP contribution in [0.1, 0.15) is 77.6 Å². The third kappa shape index (κ3) is 4.74. The topological polar surface area (TPSA) is 32.3 Å². The highest BCUT2D eigenvalue weighted by Gasteiger charge is 2.47. The zero-order valence-corrected chi connectivity index (χ0v) is 20.6. The summed E-state index contributed by atoms with van der Waals surface area (Å²) in [6.07, 6.45) is 2.70. The van der Waals surface area contributed by atoms with Gasteiger partial charge in [-0.1, -0.05) is 37.3 Å². The largest absolute Gasteiger partial charge is 0.405 e. The highest BCUT2D eigenvalue weighted by atomic mass is 19.4. The van der Waals surface area contributed by atoms with E-state index in [1.165, 1.54) is 31.2 Å². The van der Waals surface area contributed by atoms with Crippen molar-refractivity contribution in [2.45, 2.75) is 75.9 Å². The predicted octanol–water partition coefficient (Wildman–Crippen LogP) is 6.15. The lowest BCUT2D eigenvalue weighted by Gasteiger charge is -2.47. The number of fused-ring (bicyclic) bond motifs is 2. The molecule has 35 heavy (non-hydrogen) atoms. The SMILES string of the molecule is Cc1cc(C(=O)NCC(F)(F)F)ccc1C1CCC(N2CCC3(CCc4ccccc43)C(C)C2)C1. The van der Waals surface area contributed by atoms with E-state index in [-0.39, 0.29) is 5.56 Å². The zero-order chi connectivity index (χ0) is 24.8. The third-order valence-corrected chi connectivity index (χ3v) is 9.03. The van der Waals surface area contributed by atoms with Crippen LogP contribution in [-0.4, -0.2) is 42.7 Å². The van der Waals surface area contributed by atoms with Crippen LogP contribution in [-0.2, 0) is 11.8 Å². The smallest absolute Gasteiger partial charge is 0.343 e. The van der Waals surface area contributed by atoms with Crippen molar-refractivity contribution in [3.05, 3.63) is 70.3 Å². The van der Waals surface area contributed by atoms with Crippen molar-refractivity contribution in [3.8, 4) is 0 Å². The molecule has 1 N–H and O–H groups in total. The first kappa shape index (κ1) is 24.4. The Balaban J connectivity index is 1.21. The van der Waals surface area contributed by atoms with E-state index in [9.17, 15) is 18.0 Å². The summed E-state index contributed by atoms with van der Waals surface area (Å²) in [7, 11) is 0. The zero-order valence-electron chi connectivity index (χ0n) is 20.6. The maximum absolute atomic E-state index is 12.4. The molecule has 0 radical (unpaired) electrons. The normalized spacial score (nSPS) is 28.9. The van der Waals surface area contributed by atoms with Crippen molar-refractivity contribution in [2.24, 2.45) is 5.92 Å². The molecule has 4 atom stereocenters. The van der Waals surface area contributed by atoms with Crippen molar-refractivity contribution >= 4 is 5.91 Å². The highest BCUT2D eigenvalue weighted by molar-refractivity contribution is 5.94. The lowest BCUT2D eigenvalue weighted by Crippen LogP contribution is -2.50. The van der Waals surface area contributed by atoms with Gasteiger partial charge in [-0.15, -0.1) is 0 Å². The molecule has 0 aromatic heterocycles. The van der Waals surface area contributed by atoms with Crippen LogP contribution in [0.4, 0.5) is 13.2 Å². The summed E-state index contributed by atoms with van der Waals surface area (Å²) in [6, 6.07) is 15.0. The minimum atomic E-state index is -4.41. The summed E-state index contributed by atoms with van der Waals surface area (Å²) in [5, 5.41) is 1.97. The summed E-state index contributed by atoms with van der Waals surface area (Å²) in [4.78, 5) is 14.8. The minimum absolute atomic E-state index is 0.289. The predicted molar refractivity (Wildman–Crippen MR) is 132 cm³/mol. The van der Waals surface area contributed by atoms with Crippen LogP contribution < -0.4 is 5.32 Å². The number of rotatable bonds is 4. The Hall–Kier alpha value is -2.34. The molecule has 4 unspecified atom stereocenters. The van der Waals surface area contributed by atoms with Crippen LogP contribution >= 0.6 is 0 Å². The van der Waals surface area contributed by atoms with Gasteiger partial charge in [0.2, 0.25) is 0 Å². The van der Waals surface area contributed by atoms with Gasteiger partial charge in [-0.05, 0) is 98.2 Å². The molecule has 1 saturated carbocycles. The van der Waals surface area contributed by atoms with Gasteiger partial charge in [0.05, 0.1) is 0 Å². The fourth-order valence-electron chi connectivity index (χ4n) is 7.16. The number of piperidine rings is 1. The molecule has 1 aliphatic heterocycles. The minimum Gasteiger partial charge on any atom is -0.343 e. The number of amides is 1. The average molecular weight is 485 g/mol. The van der Waals surface area contributed by atoms with E-state index in [1.807, 2.05) is 18.3 Å². The molecule has 2 aromatic carbocycles. The number of carbonyl (C=O) groups is 1. The van der Waals surface area contributed by atoms with Crippen molar-refractivity contribution in [2.75, 3.05) is 19.6 Å². The van der Waals surface area contributed by atoms with Gasteiger partial charge in [-0.3, -0.25) is 4.79 Å². The first-order chi connectivity index (χ1) is 16.7. The Labute approximate surface area is 206 Å². The van der Waals surface area contributed by atoms with Crippen molar-refractivity contribution in [3.63, 3.8) is 0 Å². The van der Waals surface area contributed by atoms with Crippen LogP contribution in [0.25, 0.3) is 0 Å². The Kier molecular flexibility index (Phi) is 6.45. The van der Waals surface area contributed by atoms with Crippen LogP contribution in [0.2, 0.25) is 0 Å². The first-order valence-corrected chi connectivity index (χ1v) is 12.9. The van der Waals surface area contributed by atoms with E-state index in [1.54, 1.807) is 23.3 Å². The first-order valence-electron chi connectivity index (χ1n) is 12.9. The molecule has 188 valence electrons. The molecule has 1 spiro atoms. The van der Waals surface area contributed by atoms with Gasteiger partial charge in [-0.2, -0.15) is 13.2 Å². The Morgan fingerprint density at radius 2 is 1.94 bits per heavy atom. The summed E-state index contributed by atoms with van der Waals surface area (Å²) >= 11 is 0. The van der Waals surface area contributed by atoms with E-state index in [4.69, 9.17) is 0 Å². The second kappa shape index (κ2) is 9.27. The maximum atomic E-state index is 12.4. The Morgan fingerprint density at radius 3 is 2.69 bits per heavy atom. The van der Waals surface area contributed by atoms with Crippen molar-refractivity contribution in [1.82, 2.24) is 10.2 Å². The molecule has 0 bridgehead atoms. The van der Waals surface area contributed by atoms with E-state index in [2.05, 4.69) is 36.1 Å². The molecule has 1 amide bonds. The van der Waals surface area contributed by atoms with Gasteiger partial charge in [0.1, 0.15) is 6.54 Å². The van der Waals surface area contributed by atoms with Crippen molar-refractivity contribution in [1.29, 1.82) is 0 Å². The molecule has 5 rings (SSSR count). The van der Waals surface area contributed by atoms with Gasteiger partial charge in [0, 0.05) is 23.6 Å². The van der Waals surface area contributed by atoms with E-state index in [0.717, 1.165) is 31.5 Å². The van der Waals surface area contributed by atoms with E-state index < -0.39 is 18.6 Å². The van der Waals surface area contributed by atoms with Gasteiger partial charge < -0.3 is 10.2 Å². The second-order valence-electron chi connectivity index (χ2n) is 11.0. The summed E-state index contributed by atoms with van der Waals surface area (Å²) < 4.78 is 37.3. The molecule has 2 fully saturated rings. The summed E-state index contributed by atoms with van der Waals surface area (Å²) in [5.74, 6) is 0.395. The molecular weight excluding hydrogens is 449 g/mol. The van der Waals surface area contributed by atoms with Gasteiger partial charge >= 0.3 is 6.18 Å². The van der Waals surface area contributed by atoms with Crippen LogP contribution in [0.3, 0.4) is 0 Å². The quantitative estimate of drug-likeness (QED) is 0.565. The monoisotopic (exact) mass is 484 g/mol. The maximum Gasteiger partial charge on any atom is 0.405 e. The average Bonchev–Trinajstić information content (AvgIpc) is 3.45. The molecule has 3 nitrogen and oxygen atoms in total. The molecule has 3 aliphatic rings. The number of hydrogen-bond donors (Lipinski definition) is 1. The molecule has 6 heteroatoms. The molecule has 1 saturated heterocycles. The molecule has 2 aromatic rings. The number of aryl methyl sites for hydroxylation is 2. The summed E-state index contributed by atoms with van der Waals surface area (Å²) in [5.41, 5.74) is 5.97. The summed E-state index contributed by atoms with van der Waals surface area (Å²) in [6.45, 7) is 5.38. The number of hydrogen-bond acceptors (Lipinski definition) is 2. The molecular formula is C29H35F3N2O. The fourth-order valence-corrected chi connectivity index (χ4v) is 7.16.